The molecule has 2 saturated heterocycles. The van der Waals surface area contributed by atoms with E-state index in [2.05, 4.69) is 5.32 Å². The largest absolute Gasteiger partial charge is 0.344 e. The van der Waals surface area contributed by atoms with Crippen LogP contribution in [-0.4, -0.2) is 55.3 Å². The van der Waals surface area contributed by atoms with Gasteiger partial charge in [0.25, 0.3) is 0 Å². The summed E-state index contributed by atoms with van der Waals surface area (Å²) >= 11 is 0. The first-order valence-electron chi connectivity index (χ1n) is 6.73. The maximum atomic E-state index is 12.3. The standard InChI is InChI=1S/C12H20N2O4S/c1-2-10-12(16)14(6-3-11(15)13-10)9-4-7-19(17,18)8-5-9/h9-10H,2-8H2,1H3,(H,13,15). The molecule has 0 aliphatic carbocycles. The molecule has 2 fully saturated rings. The molecule has 0 aromatic carbocycles. The van der Waals surface area contributed by atoms with Gasteiger partial charge >= 0.3 is 0 Å². The molecular formula is C12H20N2O4S. The van der Waals surface area contributed by atoms with Gasteiger partial charge in [-0.3, -0.25) is 9.59 Å². The molecule has 2 rings (SSSR count). The number of amides is 2. The summed E-state index contributed by atoms with van der Waals surface area (Å²) in [7, 11) is -2.93. The first kappa shape index (κ1) is 14.3. The number of carbonyl (C=O) groups excluding carboxylic acids is 2. The lowest BCUT2D eigenvalue weighted by Crippen LogP contribution is -2.50. The lowest BCUT2D eigenvalue weighted by atomic mass is 10.1. The monoisotopic (exact) mass is 288 g/mol. The third kappa shape index (κ3) is 3.26. The lowest BCUT2D eigenvalue weighted by molar-refractivity contribution is -0.135. The molecule has 0 saturated carbocycles. The van der Waals surface area contributed by atoms with E-state index in [0.29, 0.717) is 32.2 Å². The fourth-order valence-electron chi connectivity index (χ4n) is 2.69. The number of hydrogen-bond acceptors (Lipinski definition) is 4. The van der Waals surface area contributed by atoms with Gasteiger partial charge in [-0.15, -0.1) is 0 Å². The van der Waals surface area contributed by atoms with Gasteiger partial charge in [0.1, 0.15) is 15.9 Å². The van der Waals surface area contributed by atoms with Gasteiger partial charge in [-0.05, 0) is 19.3 Å². The van der Waals surface area contributed by atoms with Crippen molar-refractivity contribution >= 4 is 21.7 Å². The zero-order valence-electron chi connectivity index (χ0n) is 11.1. The van der Waals surface area contributed by atoms with Crippen LogP contribution in [0.2, 0.25) is 0 Å². The highest BCUT2D eigenvalue weighted by atomic mass is 32.2. The maximum absolute atomic E-state index is 12.3. The van der Waals surface area contributed by atoms with Crippen molar-refractivity contribution in [2.45, 2.75) is 44.7 Å². The number of rotatable bonds is 2. The minimum atomic E-state index is -2.93. The Labute approximate surface area is 113 Å². The van der Waals surface area contributed by atoms with Crippen molar-refractivity contribution in [3.8, 4) is 0 Å². The molecule has 1 atom stereocenters. The Kier molecular flexibility index (Phi) is 4.13. The second-order valence-corrected chi connectivity index (χ2v) is 7.50. The molecule has 2 aliphatic heterocycles. The molecule has 1 unspecified atom stereocenters. The van der Waals surface area contributed by atoms with E-state index in [-0.39, 0.29) is 29.4 Å². The Morgan fingerprint density at radius 1 is 1.26 bits per heavy atom. The normalized spacial score (nSPS) is 28.9. The third-order valence-electron chi connectivity index (χ3n) is 3.87. The second-order valence-electron chi connectivity index (χ2n) is 5.19. The second kappa shape index (κ2) is 5.48. The molecule has 2 heterocycles. The number of nitrogens with zero attached hydrogens (tertiary/aromatic N) is 1. The summed E-state index contributed by atoms with van der Waals surface area (Å²) in [6.45, 7) is 2.25. The smallest absolute Gasteiger partial charge is 0.245 e. The average molecular weight is 288 g/mol. The van der Waals surface area contributed by atoms with E-state index in [1.807, 2.05) is 6.92 Å². The van der Waals surface area contributed by atoms with Gasteiger partial charge in [-0.1, -0.05) is 6.92 Å². The molecule has 0 spiro atoms. The fraction of sp³-hybridized carbons (Fsp3) is 0.833. The summed E-state index contributed by atoms with van der Waals surface area (Å²) in [4.78, 5) is 25.6. The minimum Gasteiger partial charge on any atom is -0.344 e. The predicted octanol–water partition coefficient (Wildman–Crippen LogP) is -0.309. The molecule has 0 radical (unpaired) electrons. The molecule has 0 aromatic heterocycles. The topological polar surface area (TPSA) is 83.6 Å². The zero-order valence-corrected chi connectivity index (χ0v) is 11.9. The Bertz CT molecular complexity index is 460. The molecule has 108 valence electrons. The number of nitrogens with one attached hydrogen (secondary N) is 1. The van der Waals surface area contributed by atoms with Gasteiger partial charge in [0.15, 0.2) is 0 Å². The highest BCUT2D eigenvalue weighted by Gasteiger charge is 2.35. The Balaban J connectivity index is 2.10. The van der Waals surface area contributed by atoms with E-state index < -0.39 is 15.9 Å². The van der Waals surface area contributed by atoms with Crippen LogP contribution in [0.25, 0.3) is 0 Å². The predicted molar refractivity (Wildman–Crippen MR) is 70.2 cm³/mol. The molecule has 6 nitrogen and oxygen atoms in total. The maximum Gasteiger partial charge on any atom is 0.245 e. The number of hydrogen-bond donors (Lipinski definition) is 1. The number of carbonyl (C=O) groups is 2. The molecule has 2 aliphatic rings. The van der Waals surface area contributed by atoms with Crippen LogP contribution in [0.15, 0.2) is 0 Å². The van der Waals surface area contributed by atoms with E-state index in [1.54, 1.807) is 4.90 Å². The van der Waals surface area contributed by atoms with Gasteiger partial charge in [0.2, 0.25) is 11.8 Å². The molecule has 2 amide bonds. The quantitative estimate of drug-likeness (QED) is 0.755. The molecule has 19 heavy (non-hydrogen) atoms. The van der Waals surface area contributed by atoms with Crippen LogP contribution in [0.4, 0.5) is 0 Å². The molecular weight excluding hydrogens is 268 g/mol. The van der Waals surface area contributed by atoms with Crippen LogP contribution >= 0.6 is 0 Å². The van der Waals surface area contributed by atoms with Gasteiger partial charge in [0.05, 0.1) is 11.5 Å². The summed E-state index contributed by atoms with van der Waals surface area (Å²) in [6.07, 6.45) is 1.83. The van der Waals surface area contributed by atoms with E-state index in [4.69, 9.17) is 0 Å². The van der Waals surface area contributed by atoms with E-state index in [0.717, 1.165) is 0 Å². The van der Waals surface area contributed by atoms with Crippen LogP contribution < -0.4 is 5.32 Å². The Morgan fingerprint density at radius 3 is 2.47 bits per heavy atom. The Morgan fingerprint density at radius 2 is 1.89 bits per heavy atom. The van der Waals surface area contributed by atoms with Crippen molar-refractivity contribution in [3.63, 3.8) is 0 Å². The first-order chi connectivity index (χ1) is 8.93. The van der Waals surface area contributed by atoms with Crippen molar-refractivity contribution in [1.29, 1.82) is 0 Å². The summed E-state index contributed by atoms with van der Waals surface area (Å²) in [5.74, 6) is 0.1000. The zero-order chi connectivity index (χ0) is 14.0. The van der Waals surface area contributed by atoms with Crippen molar-refractivity contribution in [2.24, 2.45) is 0 Å². The highest BCUT2D eigenvalue weighted by molar-refractivity contribution is 7.91. The van der Waals surface area contributed by atoms with E-state index >= 15 is 0 Å². The van der Waals surface area contributed by atoms with Crippen LogP contribution in [0.1, 0.15) is 32.6 Å². The van der Waals surface area contributed by atoms with Crippen LogP contribution in [0.5, 0.6) is 0 Å². The van der Waals surface area contributed by atoms with Crippen LogP contribution in [-0.2, 0) is 19.4 Å². The molecule has 1 N–H and O–H groups in total. The molecule has 7 heteroatoms. The highest BCUT2D eigenvalue weighted by Crippen LogP contribution is 2.21. The van der Waals surface area contributed by atoms with E-state index in [9.17, 15) is 18.0 Å². The molecule has 0 bridgehead atoms. The number of sulfone groups is 1. The summed E-state index contributed by atoms with van der Waals surface area (Å²) < 4.78 is 22.9. The average Bonchev–Trinajstić information content (AvgIpc) is 2.50. The molecule has 0 aromatic rings. The van der Waals surface area contributed by atoms with Gasteiger partial charge in [0, 0.05) is 19.0 Å². The van der Waals surface area contributed by atoms with Gasteiger partial charge in [-0.2, -0.15) is 0 Å². The van der Waals surface area contributed by atoms with E-state index in [1.165, 1.54) is 0 Å². The summed E-state index contributed by atoms with van der Waals surface area (Å²) in [5, 5.41) is 2.72. The Hall–Kier alpha value is -1.11. The minimum absolute atomic E-state index is 0.0437. The summed E-state index contributed by atoms with van der Waals surface area (Å²) in [5.41, 5.74) is 0. The van der Waals surface area contributed by atoms with Crippen molar-refractivity contribution in [2.75, 3.05) is 18.1 Å². The van der Waals surface area contributed by atoms with Crippen LogP contribution in [0, 0.1) is 0 Å². The van der Waals surface area contributed by atoms with Gasteiger partial charge in [-0.25, -0.2) is 8.42 Å². The third-order valence-corrected chi connectivity index (χ3v) is 5.58. The van der Waals surface area contributed by atoms with Crippen molar-refractivity contribution in [1.82, 2.24) is 10.2 Å². The van der Waals surface area contributed by atoms with Crippen molar-refractivity contribution in [3.05, 3.63) is 0 Å². The lowest BCUT2D eigenvalue weighted by Gasteiger charge is -2.34. The fourth-order valence-corrected chi connectivity index (χ4v) is 4.16. The van der Waals surface area contributed by atoms with Crippen molar-refractivity contribution < 1.29 is 18.0 Å². The summed E-state index contributed by atoms with van der Waals surface area (Å²) in [6, 6.07) is -0.508. The first-order valence-corrected chi connectivity index (χ1v) is 8.55. The SMILES string of the molecule is CCC1NC(=O)CCN(C2CCS(=O)(=O)CC2)C1=O. The van der Waals surface area contributed by atoms with Crippen LogP contribution in [0.3, 0.4) is 0 Å². The van der Waals surface area contributed by atoms with Gasteiger partial charge < -0.3 is 10.2 Å².